The van der Waals surface area contributed by atoms with E-state index in [-0.39, 0.29) is 5.41 Å². The maximum Gasteiger partial charge on any atom is 0.0701 e. The van der Waals surface area contributed by atoms with Crippen molar-refractivity contribution in [3.05, 3.63) is 0 Å². The van der Waals surface area contributed by atoms with Crippen molar-refractivity contribution in [2.24, 2.45) is 29.1 Å². The minimum atomic E-state index is -0.432. The number of hydrogen-bond acceptors (Lipinski definition) is 1. The minimum Gasteiger partial charge on any atom is -0.389 e. The van der Waals surface area contributed by atoms with Crippen LogP contribution >= 0.6 is 0 Å². The van der Waals surface area contributed by atoms with Gasteiger partial charge < -0.3 is 5.11 Å². The normalized spacial score (nSPS) is 45.2. The largest absolute Gasteiger partial charge is 0.389 e. The molecule has 0 spiro atoms. The van der Waals surface area contributed by atoms with Crippen LogP contribution in [0.3, 0.4) is 0 Å². The zero-order chi connectivity index (χ0) is 13.7. The summed E-state index contributed by atoms with van der Waals surface area (Å²) in [5.74, 6) is 3.28. The highest BCUT2D eigenvalue weighted by Crippen LogP contribution is 2.65. The molecule has 4 fully saturated rings. The van der Waals surface area contributed by atoms with Gasteiger partial charge in [-0.3, -0.25) is 0 Å². The van der Waals surface area contributed by atoms with Crippen LogP contribution < -0.4 is 0 Å². The second-order valence-electron chi connectivity index (χ2n) is 8.39. The zero-order valence-electron chi connectivity index (χ0n) is 13.1. The van der Waals surface area contributed by atoms with Crippen molar-refractivity contribution < 1.29 is 5.11 Å². The van der Waals surface area contributed by atoms with Gasteiger partial charge in [-0.05, 0) is 81.0 Å². The molecule has 4 bridgehead atoms. The van der Waals surface area contributed by atoms with Gasteiger partial charge in [-0.1, -0.05) is 26.7 Å². The third-order valence-corrected chi connectivity index (χ3v) is 7.06. The van der Waals surface area contributed by atoms with Crippen LogP contribution in [0.2, 0.25) is 0 Å². The summed E-state index contributed by atoms with van der Waals surface area (Å²) in [6, 6.07) is 0. The van der Waals surface area contributed by atoms with E-state index >= 15 is 0 Å². The van der Waals surface area contributed by atoms with Crippen LogP contribution in [0.15, 0.2) is 0 Å². The van der Waals surface area contributed by atoms with E-state index in [2.05, 4.69) is 20.8 Å². The molecule has 0 aromatic carbocycles. The summed E-state index contributed by atoms with van der Waals surface area (Å²) >= 11 is 0. The van der Waals surface area contributed by atoms with Gasteiger partial charge in [0.15, 0.2) is 0 Å². The highest BCUT2D eigenvalue weighted by molar-refractivity contribution is 5.09. The molecule has 0 aliphatic heterocycles. The van der Waals surface area contributed by atoms with Crippen LogP contribution in [0.4, 0.5) is 0 Å². The van der Waals surface area contributed by atoms with Crippen molar-refractivity contribution in [3.8, 4) is 0 Å². The van der Waals surface area contributed by atoms with E-state index in [0.29, 0.717) is 5.92 Å². The predicted octanol–water partition coefficient (Wildman–Crippen LogP) is 4.78. The molecule has 0 aromatic heterocycles. The van der Waals surface area contributed by atoms with E-state index < -0.39 is 5.60 Å². The van der Waals surface area contributed by atoms with E-state index in [1.54, 1.807) is 0 Å². The van der Waals surface area contributed by atoms with Gasteiger partial charge in [0.25, 0.3) is 0 Å². The molecule has 0 aromatic rings. The highest BCUT2D eigenvalue weighted by atomic mass is 16.3. The topological polar surface area (TPSA) is 20.2 Å². The smallest absolute Gasteiger partial charge is 0.0701 e. The predicted molar refractivity (Wildman–Crippen MR) is 79.9 cm³/mol. The molecule has 1 N–H and O–H groups in total. The van der Waals surface area contributed by atoms with Gasteiger partial charge >= 0.3 is 0 Å². The Hall–Kier alpha value is -0.0400. The maximum absolute atomic E-state index is 11.4. The summed E-state index contributed by atoms with van der Waals surface area (Å²) < 4.78 is 0. The summed E-state index contributed by atoms with van der Waals surface area (Å²) in [5.41, 5.74) is -0.160. The summed E-state index contributed by atoms with van der Waals surface area (Å²) in [4.78, 5) is 0. The molecule has 0 saturated heterocycles. The number of aliphatic hydroxyl groups is 1. The fraction of sp³-hybridized carbons (Fsp3) is 1.00. The Kier molecular flexibility index (Phi) is 3.48. The Morgan fingerprint density at radius 2 is 1.58 bits per heavy atom. The minimum absolute atomic E-state index is 0.273. The molecular weight excluding hydrogens is 232 g/mol. The lowest BCUT2D eigenvalue weighted by Crippen LogP contribution is -2.59. The van der Waals surface area contributed by atoms with Gasteiger partial charge in [0.05, 0.1) is 5.60 Å². The Balaban J connectivity index is 1.79. The van der Waals surface area contributed by atoms with Gasteiger partial charge in [0.1, 0.15) is 0 Å². The molecule has 0 amide bonds. The summed E-state index contributed by atoms with van der Waals surface area (Å²) in [6.45, 7) is 6.74. The van der Waals surface area contributed by atoms with Gasteiger partial charge in [-0.2, -0.15) is 0 Å². The van der Waals surface area contributed by atoms with Crippen molar-refractivity contribution in [2.75, 3.05) is 0 Å². The Morgan fingerprint density at radius 3 is 2.00 bits per heavy atom. The van der Waals surface area contributed by atoms with Crippen LogP contribution in [0.1, 0.15) is 78.6 Å². The molecule has 4 rings (SSSR count). The first kappa shape index (κ1) is 13.9. The Morgan fingerprint density at radius 1 is 1.11 bits per heavy atom. The third-order valence-electron chi connectivity index (χ3n) is 7.06. The first-order chi connectivity index (χ1) is 8.97. The molecule has 2 unspecified atom stereocenters. The van der Waals surface area contributed by atoms with Crippen molar-refractivity contribution in [2.45, 2.75) is 84.2 Å². The fourth-order valence-corrected chi connectivity index (χ4v) is 6.04. The molecule has 4 aliphatic rings. The lowest BCUT2D eigenvalue weighted by Gasteiger charge is -2.63. The van der Waals surface area contributed by atoms with Crippen molar-refractivity contribution in [1.82, 2.24) is 0 Å². The molecule has 110 valence electrons. The quantitative estimate of drug-likeness (QED) is 0.757. The van der Waals surface area contributed by atoms with Crippen LogP contribution in [-0.4, -0.2) is 10.7 Å². The summed E-state index contributed by atoms with van der Waals surface area (Å²) in [6.07, 6.45) is 12.1. The van der Waals surface area contributed by atoms with Crippen LogP contribution in [0, 0.1) is 29.1 Å². The van der Waals surface area contributed by atoms with Crippen LogP contribution in [0.5, 0.6) is 0 Å². The van der Waals surface area contributed by atoms with Crippen molar-refractivity contribution in [1.29, 1.82) is 0 Å². The molecule has 4 aliphatic carbocycles. The monoisotopic (exact) mass is 264 g/mol. The first-order valence-corrected chi connectivity index (χ1v) is 8.69. The number of rotatable bonds is 5. The van der Waals surface area contributed by atoms with Gasteiger partial charge in [0, 0.05) is 0 Å². The third kappa shape index (κ3) is 2.17. The van der Waals surface area contributed by atoms with E-state index in [4.69, 9.17) is 0 Å². The second-order valence-corrected chi connectivity index (χ2v) is 8.39. The molecule has 4 saturated carbocycles. The summed E-state index contributed by atoms with van der Waals surface area (Å²) in [5, 5.41) is 11.4. The maximum atomic E-state index is 11.4. The van der Waals surface area contributed by atoms with Gasteiger partial charge in [0.2, 0.25) is 0 Å². The summed E-state index contributed by atoms with van der Waals surface area (Å²) in [7, 11) is 0. The molecule has 0 radical (unpaired) electrons. The molecule has 1 nitrogen and oxygen atoms in total. The zero-order valence-corrected chi connectivity index (χ0v) is 13.1. The Labute approximate surface area is 119 Å². The second kappa shape index (κ2) is 4.76. The Bertz CT molecular complexity index is 295. The lowest BCUT2D eigenvalue weighted by atomic mass is 9.44. The fourth-order valence-electron chi connectivity index (χ4n) is 6.04. The number of unbranched alkanes of at least 4 members (excludes halogenated alkanes) is 1. The van der Waals surface area contributed by atoms with Crippen molar-refractivity contribution >= 4 is 0 Å². The van der Waals surface area contributed by atoms with Crippen molar-refractivity contribution in [3.63, 3.8) is 0 Å². The molecular formula is C18H32O. The SMILES string of the molecule is CCCCC(C)C(C)(O)C12CC3CC(CC(C3)C1)C2. The molecule has 19 heavy (non-hydrogen) atoms. The molecule has 2 atom stereocenters. The van der Waals surface area contributed by atoms with E-state index in [9.17, 15) is 5.11 Å². The average Bonchev–Trinajstić information content (AvgIpc) is 2.34. The van der Waals surface area contributed by atoms with Gasteiger partial charge in [-0.25, -0.2) is 0 Å². The van der Waals surface area contributed by atoms with Crippen LogP contribution in [0.25, 0.3) is 0 Å². The van der Waals surface area contributed by atoms with Gasteiger partial charge in [-0.15, -0.1) is 0 Å². The highest BCUT2D eigenvalue weighted by Gasteiger charge is 2.59. The van der Waals surface area contributed by atoms with E-state index in [1.807, 2.05) is 0 Å². The number of hydrogen-bond donors (Lipinski definition) is 1. The lowest BCUT2D eigenvalue weighted by molar-refractivity contribution is -0.192. The standard InChI is InChI=1S/C18H32O/c1-4-5-6-13(2)17(3,19)18-10-14-7-15(11-18)9-16(8-14)12-18/h13-16,19H,4-12H2,1-3H3. The molecule has 1 heteroatoms. The van der Waals surface area contributed by atoms with Crippen LogP contribution in [-0.2, 0) is 0 Å². The average molecular weight is 264 g/mol. The molecule has 0 heterocycles. The van der Waals surface area contributed by atoms with E-state index in [0.717, 1.165) is 17.8 Å². The van der Waals surface area contributed by atoms with E-state index in [1.165, 1.54) is 57.8 Å². The first-order valence-electron chi connectivity index (χ1n) is 8.69.